The van der Waals surface area contributed by atoms with Gasteiger partial charge in [-0.05, 0) is 25.5 Å². The topological polar surface area (TPSA) is 9.23 Å². The molecule has 12 heavy (non-hydrogen) atoms. The van der Waals surface area contributed by atoms with E-state index in [1.807, 2.05) is 31.2 Å². The van der Waals surface area contributed by atoms with Crippen molar-refractivity contribution in [1.29, 1.82) is 0 Å². The summed E-state index contributed by atoms with van der Waals surface area (Å²) in [5.74, 6) is 0.821. The van der Waals surface area contributed by atoms with Crippen LogP contribution in [0.25, 0.3) is 0 Å². The van der Waals surface area contributed by atoms with Gasteiger partial charge in [0, 0.05) is 0 Å². The number of hydrogen-bond donors (Lipinski definition) is 0. The second-order valence-corrected chi connectivity index (χ2v) is 3.22. The van der Waals surface area contributed by atoms with Crippen LogP contribution in [-0.4, -0.2) is 6.10 Å². The maximum absolute atomic E-state index is 5.59. The Labute approximate surface area is 79.2 Å². The summed E-state index contributed by atoms with van der Waals surface area (Å²) in [7, 11) is 0. The standard InChI is InChI=1S/C10H13OS/c1-3-8(2)11-9-6-4-5-7-10(9)12/h4-8H,3H2,1-2H3. The van der Waals surface area contributed by atoms with Gasteiger partial charge < -0.3 is 4.74 Å². The summed E-state index contributed by atoms with van der Waals surface area (Å²) in [6, 6.07) is 7.65. The Kier molecular flexibility index (Phi) is 3.35. The van der Waals surface area contributed by atoms with E-state index in [9.17, 15) is 0 Å². The molecule has 0 fully saturated rings. The third-order valence-corrected chi connectivity index (χ3v) is 2.09. The summed E-state index contributed by atoms with van der Waals surface area (Å²) in [6.45, 7) is 4.14. The maximum atomic E-state index is 5.59. The van der Waals surface area contributed by atoms with E-state index in [4.69, 9.17) is 17.4 Å². The lowest BCUT2D eigenvalue weighted by atomic mass is 10.3. The van der Waals surface area contributed by atoms with Crippen LogP contribution in [-0.2, 0) is 0 Å². The van der Waals surface area contributed by atoms with E-state index in [1.165, 1.54) is 0 Å². The van der Waals surface area contributed by atoms with E-state index in [0.717, 1.165) is 17.1 Å². The fourth-order valence-corrected chi connectivity index (χ4v) is 1.04. The molecule has 0 saturated carbocycles. The van der Waals surface area contributed by atoms with Crippen molar-refractivity contribution in [2.45, 2.75) is 31.3 Å². The largest absolute Gasteiger partial charge is 0.489 e. The normalized spacial score (nSPS) is 12.5. The third kappa shape index (κ3) is 2.38. The van der Waals surface area contributed by atoms with Gasteiger partial charge in [-0.1, -0.05) is 31.7 Å². The first kappa shape index (κ1) is 9.33. The Morgan fingerprint density at radius 2 is 2.08 bits per heavy atom. The summed E-state index contributed by atoms with van der Waals surface area (Å²) in [5.41, 5.74) is 0. The zero-order chi connectivity index (χ0) is 8.97. The Hall–Kier alpha value is -0.760. The van der Waals surface area contributed by atoms with E-state index in [1.54, 1.807) is 0 Å². The number of hydrogen-bond acceptors (Lipinski definition) is 1. The molecule has 65 valence electrons. The van der Waals surface area contributed by atoms with Crippen molar-refractivity contribution in [3.05, 3.63) is 24.3 Å². The molecule has 1 radical (unpaired) electrons. The van der Waals surface area contributed by atoms with Gasteiger partial charge in [0.25, 0.3) is 0 Å². The molecule has 1 atom stereocenters. The first-order valence-corrected chi connectivity index (χ1v) is 4.57. The van der Waals surface area contributed by atoms with Gasteiger partial charge in [0.05, 0.1) is 11.0 Å². The van der Waals surface area contributed by atoms with Crippen molar-refractivity contribution in [1.82, 2.24) is 0 Å². The highest BCUT2D eigenvalue weighted by atomic mass is 32.1. The van der Waals surface area contributed by atoms with E-state index in [-0.39, 0.29) is 6.10 Å². The lowest BCUT2D eigenvalue weighted by Gasteiger charge is -2.13. The molecule has 1 rings (SSSR count). The number of benzene rings is 1. The van der Waals surface area contributed by atoms with Crippen molar-refractivity contribution < 1.29 is 4.74 Å². The Balaban J connectivity index is 2.69. The van der Waals surface area contributed by atoms with Crippen LogP contribution in [0.4, 0.5) is 0 Å². The molecule has 2 heteroatoms. The van der Waals surface area contributed by atoms with Crippen LogP contribution < -0.4 is 4.74 Å². The van der Waals surface area contributed by atoms with E-state index < -0.39 is 0 Å². The zero-order valence-corrected chi connectivity index (χ0v) is 8.23. The van der Waals surface area contributed by atoms with E-state index >= 15 is 0 Å². The number of para-hydroxylation sites is 1. The molecule has 1 aromatic carbocycles. The molecule has 0 aliphatic carbocycles. The van der Waals surface area contributed by atoms with Gasteiger partial charge in [0.15, 0.2) is 0 Å². The van der Waals surface area contributed by atoms with Crippen LogP contribution in [0.1, 0.15) is 20.3 Å². The fourth-order valence-electron chi connectivity index (χ4n) is 0.848. The van der Waals surface area contributed by atoms with Crippen molar-refractivity contribution in [2.75, 3.05) is 0 Å². The Bertz CT molecular complexity index is 247. The monoisotopic (exact) mass is 181 g/mol. The molecule has 0 aliphatic rings. The highest BCUT2D eigenvalue weighted by Crippen LogP contribution is 2.22. The zero-order valence-electron chi connectivity index (χ0n) is 7.41. The minimum atomic E-state index is 0.245. The lowest BCUT2D eigenvalue weighted by Crippen LogP contribution is -2.09. The highest BCUT2D eigenvalue weighted by molar-refractivity contribution is 7.80. The van der Waals surface area contributed by atoms with Crippen LogP contribution in [0.5, 0.6) is 5.75 Å². The van der Waals surface area contributed by atoms with Gasteiger partial charge in [-0.15, -0.1) is 0 Å². The summed E-state index contributed by atoms with van der Waals surface area (Å²) in [4.78, 5) is 0.790. The summed E-state index contributed by atoms with van der Waals surface area (Å²) in [6.07, 6.45) is 1.25. The molecule has 1 nitrogen and oxygen atoms in total. The van der Waals surface area contributed by atoms with E-state index in [0.29, 0.717) is 0 Å². The Morgan fingerprint density at radius 3 is 2.67 bits per heavy atom. The molecule has 0 saturated heterocycles. The second kappa shape index (κ2) is 4.31. The molecule has 0 heterocycles. The predicted molar refractivity (Wildman–Crippen MR) is 52.7 cm³/mol. The smallest absolute Gasteiger partial charge is 0.137 e. The Morgan fingerprint density at radius 1 is 1.42 bits per heavy atom. The van der Waals surface area contributed by atoms with Gasteiger partial charge in [0.2, 0.25) is 0 Å². The van der Waals surface area contributed by atoms with Crippen LogP contribution >= 0.6 is 12.6 Å². The van der Waals surface area contributed by atoms with Crippen LogP contribution in [0.2, 0.25) is 0 Å². The molecule has 1 unspecified atom stereocenters. The average Bonchev–Trinajstić information content (AvgIpc) is 2.09. The van der Waals surface area contributed by atoms with Gasteiger partial charge >= 0.3 is 0 Å². The summed E-state index contributed by atoms with van der Waals surface area (Å²) in [5, 5.41) is 0. The molecule has 0 aromatic heterocycles. The first-order chi connectivity index (χ1) is 5.74. The predicted octanol–water partition coefficient (Wildman–Crippen LogP) is 3.42. The van der Waals surface area contributed by atoms with Gasteiger partial charge in [-0.3, -0.25) is 0 Å². The van der Waals surface area contributed by atoms with Crippen molar-refractivity contribution in [2.24, 2.45) is 0 Å². The lowest BCUT2D eigenvalue weighted by molar-refractivity contribution is 0.212. The van der Waals surface area contributed by atoms with Crippen molar-refractivity contribution in [3.8, 4) is 5.75 Å². The molecule has 0 spiro atoms. The van der Waals surface area contributed by atoms with E-state index in [2.05, 4.69) is 6.92 Å². The van der Waals surface area contributed by atoms with Crippen LogP contribution in [0, 0.1) is 0 Å². The minimum Gasteiger partial charge on any atom is -0.489 e. The number of ether oxygens (including phenoxy) is 1. The van der Waals surface area contributed by atoms with Gasteiger partial charge in [-0.2, -0.15) is 0 Å². The van der Waals surface area contributed by atoms with Gasteiger partial charge in [-0.25, -0.2) is 0 Å². The van der Waals surface area contributed by atoms with Crippen LogP contribution in [0.3, 0.4) is 0 Å². The molecular formula is C10H13OS. The minimum absolute atomic E-state index is 0.245. The maximum Gasteiger partial charge on any atom is 0.137 e. The first-order valence-electron chi connectivity index (χ1n) is 4.16. The van der Waals surface area contributed by atoms with Crippen molar-refractivity contribution >= 4 is 12.6 Å². The molecule has 0 bridgehead atoms. The second-order valence-electron chi connectivity index (χ2n) is 2.78. The molecular weight excluding hydrogens is 168 g/mol. The molecule has 1 aromatic rings. The number of rotatable bonds is 3. The summed E-state index contributed by atoms with van der Waals surface area (Å²) >= 11 is 5.09. The van der Waals surface area contributed by atoms with Crippen LogP contribution in [0.15, 0.2) is 29.2 Å². The SMILES string of the molecule is CCC(C)Oc1ccccc1[S]. The molecule has 0 amide bonds. The summed E-state index contributed by atoms with van der Waals surface area (Å²) < 4.78 is 5.59. The highest BCUT2D eigenvalue weighted by Gasteiger charge is 2.03. The van der Waals surface area contributed by atoms with Gasteiger partial charge in [0.1, 0.15) is 5.75 Å². The molecule has 0 N–H and O–H groups in total. The average molecular weight is 181 g/mol. The molecule has 0 aliphatic heterocycles. The van der Waals surface area contributed by atoms with Crippen molar-refractivity contribution in [3.63, 3.8) is 0 Å². The third-order valence-electron chi connectivity index (χ3n) is 1.75. The fraction of sp³-hybridized carbons (Fsp3) is 0.400. The quantitative estimate of drug-likeness (QED) is 0.694.